The highest BCUT2D eigenvalue weighted by Crippen LogP contribution is 2.08. The lowest BCUT2D eigenvalue weighted by molar-refractivity contribution is 1.08. The monoisotopic (exact) mass is 156 g/mol. The van der Waals surface area contributed by atoms with Crippen LogP contribution in [0.1, 0.15) is 5.56 Å². The van der Waals surface area contributed by atoms with Gasteiger partial charge in [0.25, 0.3) is 0 Å². The summed E-state index contributed by atoms with van der Waals surface area (Å²) in [5, 5.41) is 13.2. The molecule has 0 aromatic heterocycles. The molecule has 1 aromatic carbocycles. The Morgan fingerprint density at radius 2 is 2.17 bits per heavy atom. The average molecular weight is 156 g/mol. The van der Waals surface area contributed by atoms with Crippen LogP contribution < -0.4 is 10.6 Å². The number of nitrogens with zero attached hydrogens (tertiary/aromatic N) is 4. The normalized spacial score (nSPS) is 15.3. The molecule has 0 unspecified atom stereocenters. The Labute approximate surface area is 67.7 Å². The maximum absolute atomic E-state index is 4.03. The molecule has 0 amide bonds. The average Bonchev–Trinajstić information content (AvgIpc) is 2.64. The molecule has 4 nitrogen and oxygen atoms in total. The van der Waals surface area contributed by atoms with Crippen molar-refractivity contribution in [3.8, 4) is 0 Å². The highest BCUT2D eigenvalue weighted by molar-refractivity contribution is 5.86. The zero-order valence-corrected chi connectivity index (χ0v) is 6.10. The van der Waals surface area contributed by atoms with Crippen LogP contribution in [0, 0.1) is 0 Å². The molecule has 0 saturated heterocycles. The summed E-state index contributed by atoms with van der Waals surface area (Å²) in [5.41, 5.74) is 1.92. The van der Waals surface area contributed by atoms with Gasteiger partial charge in [-0.15, -0.1) is 10.2 Å². The maximum Gasteiger partial charge on any atom is 0.116 e. The SMILES string of the molecule is C1=NC=c2cc3c(cc21)=NN=N3. The van der Waals surface area contributed by atoms with Gasteiger partial charge in [-0.1, -0.05) is 0 Å². The largest absolute Gasteiger partial charge is 0.263 e. The summed E-state index contributed by atoms with van der Waals surface area (Å²) in [5.74, 6) is 0. The van der Waals surface area contributed by atoms with Gasteiger partial charge in [0.05, 0.1) is 0 Å². The van der Waals surface area contributed by atoms with E-state index < -0.39 is 0 Å². The molecule has 0 bridgehead atoms. The first-order valence-electron chi connectivity index (χ1n) is 3.60. The second-order valence-corrected chi connectivity index (χ2v) is 2.67. The summed E-state index contributed by atoms with van der Waals surface area (Å²) < 4.78 is 0. The Kier molecular flexibility index (Phi) is 0.889. The van der Waals surface area contributed by atoms with Crippen molar-refractivity contribution in [1.82, 2.24) is 0 Å². The Morgan fingerprint density at radius 3 is 3.17 bits per heavy atom. The van der Waals surface area contributed by atoms with Crippen LogP contribution >= 0.6 is 0 Å². The van der Waals surface area contributed by atoms with Crippen molar-refractivity contribution in [3.63, 3.8) is 0 Å². The van der Waals surface area contributed by atoms with Crippen molar-refractivity contribution in [2.24, 2.45) is 20.4 Å². The van der Waals surface area contributed by atoms with Gasteiger partial charge in [-0.2, -0.15) is 0 Å². The molecule has 2 heterocycles. The van der Waals surface area contributed by atoms with E-state index in [1.54, 1.807) is 0 Å². The number of hydrogen-bond donors (Lipinski definition) is 0. The number of rotatable bonds is 0. The second kappa shape index (κ2) is 1.85. The van der Waals surface area contributed by atoms with Gasteiger partial charge in [-0.05, 0) is 17.4 Å². The third-order valence-electron chi connectivity index (χ3n) is 1.91. The van der Waals surface area contributed by atoms with Gasteiger partial charge >= 0.3 is 0 Å². The minimum atomic E-state index is 0.829. The lowest BCUT2D eigenvalue weighted by atomic mass is 10.2. The lowest BCUT2D eigenvalue weighted by Gasteiger charge is -1.89. The highest BCUT2D eigenvalue weighted by Gasteiger charge is 2.05. The van der Waals surface area contributed by atoms with E-state index in [0.29, 0.717) is 0 Å². The van der Waals surface area contributed by atoms with Gasteiger partial charge < -0.3 is 0 Å². The molecule has 0 atom stereocenters. The molecule has 56 valence electrons. The molecular formula is C8H4N4. The van der Waals surface area contributed by atoms with Crippen molar-refractivity contribution in [2.75, 3.05) is 0 Å². The van der Waals surface area contributed by atoms with Crippen molar-refractivity contribution in [1.29, 1.82) is 0 Å². The van der Waals surface area contributed by atoms with Crippen molar-refractivity contribution < 1.29 is 0 Å². The van der Waals surface area contributed by atoms with E-state index in [1.165, 1.54) is 0 Å². The van der Waals surface area contributed by atoms with E-state index in [-0.39, 0.29) is 0 Å². The third kappa shape index (κ3) is 0.611. The van der Waals surface area contributed by atoms with E-state index >= 15 is 0 Å². The fourth-order valence-corrected chi connectivity index (χ4v) is 1.31. The van der Waals surface area contributed by atoms with Crippen LogP contribution in [0.5, 0.6) is 0 Å². The number of hydrogen-bond acceptors (Lipinski definition) is 4. The van der Waals surface area contributed by atoms with E-state index in [1.807, 2.05) is 24.5 Å². The van der Waals surface area contributed by atoms with E-state index in [4.69, 9.17) is 0 Å². The molecule has 0 spiro atoms. The Morgan fingerprint density at radius 1 is 1.17 bits per heavy atom. The minimum absolute atomic E-state index is 0.829. The number of benzene rings is 1. The van der Waals surface area contributed by atoms with E-state index in [2.05, 4.69) is 20.4 Å². The predicted molar refractivity (Wildman–Crippen MR) is 43.8 cm³/mol. The van der Waals surface area contributed by atoms with Crippen LogP contribution in [0.4, 0.5) is 5.69 Å². The van der Waals surface area contributed by atoms with Crippen LogP contribution in [0.2, 0.25) is 0 Å². The standard InChI is InChI=1S/C8H4N4/c1-5-3-9-4-6(5)2-8-7(1)10-12-11-8/h1-4H. The Hall–Kier alpha value is -1.84. The van der Waals surface area contributed by atoms with Crippen LogP contribution in [0.15, 0.2) is 32.6 Å². The molecule has 0 aliphatic carbocycles. The maximum atomic E-state index is 4.03. The van der Waals surface area contributed by atoms with E-state index in [9.17, 15) is 0 Å². The molecule has 2 aliphatic heterocycles. The van der Waals surface area contributed by atoms with Crippen LogP contribution in [0.25, 0.3) is 6.20 Å². The van der Waals surface area contributed by atoms with Crippen molar-refractivity contribution >= 4 is 18.1 Å². The molecule has 4 heteroatoms. The number of fused-ring (bicyclic) bond motifs is 2. The summed E-state index contributed by atoms with van der Waals surface area (Å²) in [6, 6.07) is 3.88. The number of aliphatic imine (C=N–C) groups is 1. The van der Waals surface area contributed by atoms with Crippen LogP contribution in [0.3, 0.4) is 0 Å². The van der Waals surface area contributed by atoms with Gasteiger partial charge in [0.2, 0.25) is 0 Å². The van der Waals surface area contributed by atoms with Gasteiger partial charge in [0.15, 0.2) is 0 Å². The minimum Gasteiger partial charge on any atom is -0.263 e. The molecule has 0 fully saturated rings. The van der Waals surface area contributed by atoms with Crippen molar-refractivity contribution in [3.05, 3.63) is 28.3 Å². The highest BCUT2D eigenvalue weighted by atomic mass is 15.4. The van der Waals surface area contributed by atoms with Crippen LogP contribution in [-0.2, 0) is 0 Å². The Balaban J connectivity index is 2.50. The van der Waals surface area contributed by atoms with E-state index in [0.717, 1.165) is 21.8 Å². The summed E-state index contributed by atoms with van der Waals surface area (Å²) in [7, 11) is 0. The van der Waals surface area contributed by atoms with Gasteiger partial charge in [0, 0.05) is 23.2 Å². The molecule has 1 aromatic rings. The summed E-state index contributed by atoms with van der Waals surface area (Å²) >= 11 is 0. The first-order valence-corrected chi connectivity index (χ1v) is 3.60. The van der Waals surface area contributed by atoms with Crippen molar-refractivity contribution in [2.45, 2.75) is 0 Å². The fourth-order valence-electron chi connectivity index (χ4n) is 1.31. The smallest absolute Gasteiger partial charge is 0.116 e. The summed E-state index contributed by atoms with van der Waals surface area (Å²) in [6.45, 7) is 0. The topological polar surface area (TPSA) is 49.4 Å². The van der Waals surface area contributed by atoms with Gasteiger partial charge in [0.1, 0.15) is 11.0 Å². The molecule has 0 N–H and O–H groups in total. The van der Waals surface area contributed by atoms with Gasteiger partial charge in [-0.25, -0.2) is 0 Å². The molecule has 12 heavy (non-hydrogen) atoms. The first-order chi connectivity index (χ1) is 5.93. The fraction of sp³-hybridized carbons (Fsp3) is 0. The lowest BCUT2D eigenvalue weighted by Crippen LogP contribution is -2.11. The molecule has 3 rings (SSSR count). The first kappa shape index (κ1) is 5.77. The molecule has 0 radical (unpaired) electrons. The predicted octanol–water partition coefficient (Wildman–Crippen LogP) is 0.489. The molecule has 2 aliphatic rings. The van der Waals surface area contributed by atoms with Gasteiger partial charge in [-0.3, -0.25) is 4.99 Å². The summed E-state index contributed by atoms with van der Waals surface area (Å²) in [6.07, 6.45) is 3.62. The Bertz CT molecular complexity index is 475. The zero-order valence-electron chi connectivity index (χ0n) is 6.10. The van der Waals surface area contributed by atoms with Crippen LogP contribution in [-0.4, -0.2) is 6.21 Å². The molecular weight excluding hydrogens is 152 g/mol. The third-order valence-corrected chi connectivity index (χ3v) is 1.91. The quantitative estimate of drug-likeness (QED) is 0.525. The molecule has 0 saturated carbocycles. The second-order valence-electron chi connectivity index (χ2n) is 2.67. The zero-order chi connectivity index (χ0) is 7.97. The summed E-state index contributed by atoms with van der Waals surface area (Å²) in [4.78, 5) is 4.03.